The topological polar surface area (TPSA) is 74.7 Å². The molecule has 4 aromatic rings. The van der Waals surface area contributed by atoms with Gasteiger partial charge in [-0.05, 0) is 53.6 Å². The van der Waals surface area contributed by atoms with E-state index in [0.29, 0.717) is 28.6 Å². The SMILES string of the molecule is CCCCN1C(=O)c2cccc3c(-c4cccc(C(=O)O)c4-c4ccc(C)cc4)ccc(c23)C1=O. The van der Waals surface area contributed by atoms with Crippen molar-refractivity contribution in [2.24, 2.45) is 0 Å². The minimum atomic E-state index is -1.01. The Kier molecular flexibility index (Phi) is 5.69. The van der Waals surface area contributed by atoms with Gasteiger partial charge in [0.15, 0.2) is 0 Å². The van der Waals surface area contributed by atoms with Crippen LogP contribution in [0, 0.1) is 6.92 Å². The molecular weight excluding hydrogens is 438 g/mol. The standard InChI is InChI=1S/C30H25NO4/c1-3-4-17-31-28(32)23-9-5-8-22-20(15-16-24(27(22)23)29(31)33)21-7-6-10-25(30(34)35)26(21)19-13-11-18(2)12-14-19/h5-16H,3-4,17H2,1-2H3,(H,34,35). The number of carboxylic acids is 1. The zero-order valence-corrected chi connectivity index (χ0v) is 19.7. The summed E-state index contributed by atoms with van der Waals surface area (Å²) >= 11 is 0. The largest absolute Gasteiger partial charge is 0.478 e. The Hall–Kier alpha value is -4.25. The van der Waals surface area contributed by atoms with Crippen molar-refractivity contribution in [1.29, 1.82) is 0 Å². The first kappa shape index (κ1) is 22.5. The number of aromatic carboxylic acids is 1. The predicted molar refractivity (Wildman–Crippen MR) is 137 cm³/mol. The summed E-state index contributed by atoms with van der Waals surface area (Å²) in [7, 11) is 0. The van der Waals surface area contributed by atoms with Gasteiger partial charge in [0.2, 0.25) is 0 Å². The van der Waals surface area contributed by atoms with Crippen LogP contribution in [0.4, 0.5) is 0 Å². The Bertz CT molecular complexity index is 1480. The summed E-state index contributed by atoms with van der Waals surface area (Å²) in [6.07, 6.45) is 1.64. The summed E-state index contributed by atoms with van der Waals surface area (Å²) in [6, 6.07) is 22.1. The maximum absolute atomic E-state index is 13.3. The first-order chi connectivity index (χ1) is 16.9. The molecule has 0 aliphatic carbocycles. The van der Waals surface area contributed by atoms with E-state index in [1.165, 1.54) is 4.90 Å². The molecule has 1 aliphatic heterocycles. The number of unbranched alkanes of at least 4 members (excludes halogenated alkanes) is 1. The van der Waals surface area contributed by atoms with Gasteiger partial charge in [-0.3, -0.25) is 14.5 Å². The number of amides is 2. The Morgan fingerprint density at radius 1 is 0.800 bits per heavy atom. The number of hydrogen-bond donors (Lipinski definition) is 1. The first-order valence-corrected chi connectivity index (χ1v) is 11.8. The second-order valence-corrected chi connectivity index (χ2v) is 8.90. The lowest BCUT2D eigenvalue weighted by Crippen LogP contribution is -2.40. The highest BCUT2D eigenvalue weighted by atomic mass is 16.4. The molecule has 1 heterocycles. The summed E-state index contributed by atoms with van der Waals surface area (Å²) in [6.45, 7) is 4.40. The normalized spacial score (nSPS) is 12.9. The fourth-order valence-electron chi connectivity index (χ4n) is 4.89. The van der Waals surface area contributed by atoms with Gasteiger partial charge >= 0.3 is 5.97 Å². The van der Waals surface area contributed by atoms with Crippen LogP contribution in [0.25, 0.3) is 33.0 Å². The van der Waals surface area contributed by atoms with E-state index >= 15 is 0 Å². The number of rotatable bonds is 6. The molecule has 0 atom stereocenters. The lowest BCUT2D eigenvalue weighted by Gasteiger charge is -2.28. The van der Waals surface area contributed by atoms with Crippen molar-refractivity contribution in [2.75, 3.05) is 6.54 Å². The van der Waals surface area contributed by atoms with Crippen molar-refractivity contribution in [3.63, 3.8) is 0 Å². The van der Waals surface area contributed by atoms with Crippen molar-refractivity contribution in [3.8, 4) is 22.3 Å². The van der Waals surface area contributed by atoms with Gasteiger partial charge < -0.3 is 5.11 Å². The van der Waals surface area contributed by atoms with E-state index in [1.54, 1.807) is 24.3 Å². The molecule has 0 aromatic heterocycles. The lowest BCUT2D eigenvalue weighted by atomic mass is 9.85. The number of hydrogen-bond acceptors (Lipinski definition) is 3. The van der Waals surface area contributed by atoms with Crippen LogP contribution in [0.5, 0.6) is 0 Å². The lowest BCUT2D eigenvalue weighted by molar-refractivity contribution is 0.0607. The van der Waals surface area contributed by atoms with E-state index in [9.17, 15) is 19.5 Å². The average molecular weight is 464 g/mol. The molecule has 0 unspecified atom stereocenters. The molecule has 2 amide bonds. The molecule has 4 aromatic carbocycles. The van der Waals surface area contributed by atoms with E-state index < -0.39 is 5.97 Å². The van der Waals surface area contributed by atoms with Gasteiger partial charge in [-0.25, -0.2) is 4.79 Å². The van der Waals surface area contributed by atoms with Crippen molar-refractivity contribution in [2.45, 2.75) is 26.7 Å². The number of carboxylic acid groups (broad SMARTS) is 1. The molecular formula is C30H25NO4. The van der Waals surface area contributed by atoms with Crippen LogP contribution in [0.3, 0.4) is 0 Å². The molecule has 5 nitrogen and oxygen atoms in total. The molecule has 1 N–H and O–H groups in total. The summed E-state index contributed by atoms with van der Waals surface area (Å²) in [5.41, 5.74) is 5.21. The van der Waals surface area contributed by atoms with E-state index in [2.05, 4.69) is 0 Å². The first-order valence-electron chi connectivity index (χ1n) is 11.8. The number of benzene rings is 4. The van der Waals surface area contributed by atoms with E-state index in [-0.39, 0.29) is 17.4 Å². The molecule has 0 bridgehead atoms. The Balaban J connectivity index is 1.78. The van der Waals surface area contributed by atoms with Gasteiger partial charge in [0.1, 0.15) is 0 Å². The third-order valence-electron chi connectivity index (χ3n) is 6.65. The smallest absolute Gasteiger partial charge is 0.336 e. The van der Waals surface area contributed by atoms with Gasteiger partial charge in [0.05, 0.1) is 5.56 Å². The van der Waals surface area contributed by atoms with Gasteiger partial charge in [0, 0.05) is 28.6 Å². The molecule has 0 saturated heterocycles. The fraction of sp³-hybridized carbons (Fsp3) is 0.167. The maximum Gasteiger partial charge on any atom is 0.336 e. The molecule has 5 rings (SSSR count). The van der Waals surface area contributed by atoms with Crippen LogP contribution in [0.15, 0.2) is 72.8 Å². The zero-order chi connectivity index (χ0) is 24.7. The van der Waals surface area contributed by atoms with Crippen molar-refractivity contribution >= 4 is 28.6 Å². The highest BCUT2D eigenvalue weighted by Gasteiger charge is 2.33. The van der Waals surface area contributed by atoms with Crippen LogP contribution in [-0.4, -0.2) is 34.3 Å². The predicted octanol–water partition coefficient (Wildman–Crippen LogP) is 6.58. The quantitative estimate of drug-likeness (QED) is 0.328. The minimum absolute atomic E-state index is 0.199. The number of aryl methyl sites for hydroxylation is 1. The molecule has 174 valence electrons. The highest BCUT2D eigenvalue weighted by Crippen LogP contribution is 2.41. The molecule has 0 spiro atoms. The number of imide groups is 1. The van der Waals surface area contributed by atoms with E-state index in [0.717, 1.165) is 40.5 Å². The van der Waals surface area contributed by atoms with Crippen LogP contribution in [-0.2, 0) is 0 Å². The average Bonchev–Trinajstić information content (AvgIpc) is 2.87. The highest BCUT2D eigenvalue weighted by molar-refractivity contribution is 6.27. The molecule has 0 saturated carbocycles. The van der Waals surface area contributed by atoms with Crippen LogP contribution < -0.4 is 0 Å². The zero-order valence-electron chi connectivity index (χ0n) is 19.7. The molecule has 35 heavy (non-hydrogen) atoms. The van der Waals surface area contributed by atoms with Gasteiger partial charge in [-0.2, -0.15) is 0 Å². The Labute approximate surface area is 203 Å². The molecule has 0 fully saturated rings. The third-order valence-corrected chi connectivity index (χ3v) is 6.65. The summed E-state index contributed by atoms with van der Waals surface area (Å²) in [5, 5.41) is 11.4. The number of carbonyl (C=O) groups is 3. The van der Waals surface area contributed by atoms with Crippen LogP contribution >= 0.6 is 0 Å². The van der Waals surface area contributed by atoms with Crippen LogP contribution in [0.2, 0.25) is 0 Å². The number of nitrogens with zero attached hydrogens (tertiary/aromatic N) is 1. The Morgan fingerprint density at radius 3 is 2.11 bits per heavy atom. The van der Waals surface area contributed by atoms with Gasteiger partial charge in [0.25, 0.3) is 11.8 Å². The van der Waals surface area contributed by atoms with E-state index in [1.807, 2.05) is 62.4 Å². The summed E-state index contributed by atoms with van der Waals surface area (Å²) in [4.78, 5) is 40.0. The van der Waals surface area contributed by atoms with Gasteiger partial charge in [-0.15, -0.1) is 0 Å². The van der Waals surface area contributed by atoms with Crippen molar-refractivity contribution < 1.29 is 19.5 Å². The second-order valence-electron chi connectivity index (χ2n) is 8.90. The monoisotopic (exact) mass is 463 g/mol. The molecule has 0 radical (unpaired) electrons. The third kappa shape index (κ3) is 3.69. The molecule has 1 aliphatic rings. The van der Waals surface area contributed by atoms with Crippen molar-refractivity contribution in [3.05, 3.63) is 95.1 Å². The maximum atomic E-state index is 13.3. The van der Waals surface area contributed by atoms with Gasteiger partial charge in [-0.1, -0.05) is 73.5 Å². The number of carbonyl (C=O) groups excluding carboxylic acids is 2. The van der Waals surface area contributed by atoms with Crippen molar-refractivity contribution in [1.82, 2.24) is 4.90 Å². The fourth-order valence-corrected chi connectivity index (χ4v) is 4.89. The van der Waals surface area contributed by atoms with E-state index in [4.69, 9.17) is 0 Å². The summed E-state index contributed by atoms with van der Waals surface area (Å²) in [5.74, 6) is -1.57. The summed E-state index contributed by atoms with van der Waals surface area (Å²) < 4.78 is 0. The Morgan fingerprint density at radius 2 is 1.43 bits per heavy atom. The molecule has 5 heteroatoms. The second kappa shape index (κ2) is 8.84. The van der Waals surface area contributed by atoms with Crippen LogP contribution in [0.1, 0.15) is 56.4 Å². The minimum Gasteiger partial charge on any atom is -0.478 e.